The van der Waals surface area contributed by atoms with Gasteiger partial charge in [0.05, 0.1) is 4.91 Å². The standard InChI is InChI=1S/C22H20IN3O3S/c23-16-5-7-17(8-6-16)24-20(27)14-26-21(28)19(30-22(26)29)13-15-3-9-18(10-4-15)25-11-1-2-12-25/h3-10,13H,1-2,11-12,14H2,(H,24,27)/b19-13+. The fourth-order valence-corrected chi connectivity index (χ4v) is 4.62. The Kier molecular flexibility index (Phi) is 6.43. The zero-order valence-electron chi connectivity index (χ0n) is 16.1. The maximum Gasteiger partial charge on any atom is 0.294 e. The average molecular weight is 533 g/mol. The van der Waals surface area contributed by atoms with Gasteiger partial charge in [0.15, 0.2) is 0 Å². The quantitative estimate of drug-likeness (QED) is 0.451. The molecule has 3 amide bonds. The summed E-state index contributed by atoms with van der Waals surface area (Å²) in [6, 6.07) is 15.3. The minimum Gasteiger partial charge on any atom is -0.372 e. The van der Waals surface area contributed by atoms with Crippen LogP contribution in [0.3, 0.4) is 0 Å². The molecule has 0 aromatic heterocycles. The SMILES string of the molecule is O=C(CN1C(=O)S/C(=C/c2ccc(N3CCCC3)cc2)C1=O)Nc1ccc(I)cc1. The van der Waals surface area contributed by atoms with Crippen LogP contribution in [-0.2, 0) is 9.59 Å². The Morgan fingerprint density at radius 2 is 1.70 bits per heavy atom. The van der Waals surface area contributed by atoms with Gasteiger partial charge in [-0.15, -0.1) is 0 Å². The van der Waals surface area contributed by atoms with E-state index < -0.39 is 17.1 Å². The van der Waals surface area contributed by atoms with E-state index in [1.54, 1.807) is 18.2 Å². The molecule has 2 fully saturated rings. The number of benzene rings is 2. The number of amides is 3. The first-order valence-corrected chi connectivity index (χ1v) is 11.5. The fraction of sp³-hybridized carbons (Fsp3) is 0.227. The molecule has 1 N–H and O–H groups in total. The van der Waals surface area contributed by atoms with Crippen molar-refractivity contribution in [1.29, 1.82) is 0 Å². The van der Waals surface area contributed by atoms with Gasteiger partial charge in [0.1, 0.15) is 6.54 Å². The summed E-state index contributed by atoms with van der Waals surface area (Å²) in [5, 5.41) is 2.28. The predicted molar refractivity (Wildman–Crippen MR) is 128 cm³/mol. The third-order valence-corrected chi connectivity index (χ3v) is 6.59. The first-order valence-electron chi connectivity index (χ1n) is 9.65. The molecule has 2 aromatic rings. The topological polar surface area (TPSA) is 69.7 Å². The van der Waals surface area contributed by atoms with Crippen LogP contribution >= 0.6 is 34.4 Å². The van der Waals surface area contributed by atoms with Crippen molar-refractivity contribution in [1.82, 2.24) is 4.90 Å². The lowest BCUT2D eigenvalue weighted by Gasteiger charge is -2.17. The zero-order chi connectivity index (χ0) is 21.1. The van der Waals surface area contributed by atoms with E-state index in [0.29, 0.717) is 10.6 Å². The normalized spacial score (nSPS) is 17.8. The van der Waals surface area contributed by atoms with Crippen molar-refractivity contribution in [3.63, 3.8) is 0 Å². The highest BCUT2D eigenvalue weighted by Crippen LogP contribution is 2.32. The second kappa shape index (κ2) is 9.22. The van der Waals surface area contributed by atoms with Gasteiger partial charge in [0.25, 0.3) is 11.1 Å². The van der Waals surface area contributed by atoms with E-state index in [1.807, 2.05) is 36.4 Å². The van der Waals surface area contributed by atoms with Crippen LogP contribution in [0.1, 0.15) is 18.4 Å². The van der Waals surface area contributed by atoms with Gasteiger partial charge in [-0.25, -0.2) is 0 Å². The zero-order valence-corrected chi connectivity index (χ0v) is 19.1. The van der Waals surface area contributed by atoms with E-state index >= 15 is 0 Å². The number of halogens is 1. The number of hydrogen-bond donors (Lipinski definition) is 1. The number of rotatable bonds is 5. The molecular formula is C22H20IN3O3S. The van der Waals surface area contributed by atoms with Crippen molar-refractivity contribution in [3.8, 4) is 0 Å². The monoisotopic (exact) mass is 533 g/mol. The van der Waals surface area contributed by atoms with Crippen molar-refractivity contribution in [2.24, 2.45) is 0 Å². The second-order valence-corrected chi connectivity index (χ2v) is 9.35. The molecule has 0 saturated carbocycles. The molecule has 2 saturated heterocycles. The summed E-state index contributed by atoms with van der Waals surface area (Å²) in [4.78, 5) is 40.9. The number of nitrogens with one attached hydrogen (secondary N) is 1. The van der Waals surface area contributed by atoms with Gasteiger partial charge in [0, 0.05) is 28.0 Å². The summed E-state index contributed by atoms with van der Waals surface area (Å²) in [6.45, 7) is 1.84. The Labute approximate surface area is 192 Å². The number of nitrogens with zero attached hydrogens (tertiary/aromatic N) is 2. The van der Waals surface area contributed by atoms with E-state index in [1.165, 1.54) is 18.5 Å². The Bertz CT molecular complexity index is 999. The Morgan fingerprint density at radius 3 is 2.37 bits per heavy atom. The molecule has 0 spiro atoms. The first-order chi connectivity index (χ1) is 14.5. The largest absolute Gasteiger partial charge is 0.372 e. The highest BCUT2D eigenvalue weighted by atomic mass is 127. The smallest absolute Gasteiger partial charge is 0.294 e. The van der Waals surface area contributed by atoms with Crippen LogP contribution in [0.4, 0.5) is 16.2 Å². The Morgan fingerprint density at radius 1 is 1.03 bits per heavy atom. The summed E-state index contributed by atoms with van der Waals surface area (Å²) in [5.74, 6) is -0.846. The van der Waals surface area contributed by atoms with E-state index in [4.69, 9.17) is 0 Å². The lowest BCUT2D eigenvalue weighted by atomic mass is 10.2. The van der Waals surface area contributed by atoms with Crippen molar-refractivity contribution in [2.75, 3.05) is 29.9 Å². The van der Waals surface area contributed by atoms with Crippen LogP contribution < -0.4 is 10.2 Å². The summed E-state index contributed by atoms with van der Waals surface area (Å²) < 4.78 is 1.05. The van der Waals surface area contributed by atoms with Crippen molar-refractivity contribution in [3.05, 3.63) is 62.6 Å². The van der Waals surface area contributed by atoms with Crippen molar-refractivity contribution in [2.45, 2.75) is 12.8 Å². The maximum absolute atomic E-state index is 12.7. The van der Waals surface area contributed by atoms with Crippen LogP contribution in [0, 0.1) is 3.57 Å². The van der Waals surface area contributed by atoms with E-state index in [-0.39, 0.29) is 6.54 Å². The summed E-state index contributed by atoms with van der Waals surface area (Å²) in [7, 11) is 0. The molecule has 0 radical (unpaired) electrons. The summed E-state index contributed by atoms with van der Waals surface area (Å²) in [6.07, 6.45) is 4.13. The van der Waals surface area contributed by atoms with Crippen LogP contribution in [0.5, 0.6) is 0 Å². The van der Waals surface area contributed by atoms with Gasteiger partial charge in [-0.3, -0.25) is 19.3 Å². The molecular weight excluding hydrogens is 513 g/mol. The minimum absolute atomic E-state index is 0.304. The van der Waals surface area contributed by atoms with Gasteiger partial charge >= 0.3 is 0 Å². The lowest BCUT2D eigenvalue weighted by molar-refractivity contribution is -0.127. The molecule has 30 heavy (non-hydrogen) atoms. The van der Waals surface area contributed by atoms with Crippen LogP contribution in [0.15, 0.2) is 53.4 Å². The average Bonchev–Trinajstić information content (AvgIpc) is 3.35. The van der Waals surface area contributed by atoms with Crippen LogP contribution in [0.25, 0.3) is 6.08 Å². The molecule has 0 unspecified atom stereocenters. The minimum atomic E-state index is -0.439. The summed E-state index contributed by atoms with van der Waals surface area (Å²) in [5.41, 5.74) is 2.65. The highest BCUT2D eigenvalue weighted by molar-refractivity contribution is 14.1. The Balaban J connectivity index is 1.40. The van der Waals surface area contributed by atoms with Gasteiger partial charge in [-0.2, -0.15) is 0 Å². The number of anilines is 2. The number of carbonyl (C=O) groups is 3. The highest BCUT2D eigenvalue weighted by Gasteiger charge is 2.36. The molecule has 2 aromatic carbocycles. The predicted octanol–water partition coefficient (Wildman–Crippen LogP) is 4.57. The molecule has 2 aliphatic heterocycles. The Hall–Kier alpha value is -2.33. The molecule has 2 heterocycles. The number of thioether (sulfide) groups is 1. The first kappa shape index (κ1) is 20.9. The number of imide groups is 1. The van der Waals surface area contributed by atoms with Crippen LogP contribution in [0.2, 0.25) is 0 Å². The maximum atomic E-state index is 12.7. The van der Waals surface area contributed by atoms with Crippen molar-refractivity contribution < 1.29 is 14.4 Å². The molecule has 6 nitrogen and oxygen atoms in total. The van der Waals surface area contributed by atoms with Crippen molar-refractivity contribution >= 4 is 68.9 Å². The lowest BCUT2D eigenvalue weighted by Crippen LogP contribution is -2.36. The van der Waals surface area contributed by atoms with Gasteiger partial charge in [-0.05, 0) is 95.2 Å². The van der Waals surface area contributed by atoms with E-state index in [0.717, 1.165) is 38.9 Å². The molecule has 4 rings (SSSR count). The van der Waals surface area contributed by atoms with E-state index in [2.05, 4.69) is 32.8 Å². The van der Waals surface area contributed by atoms with Crippen LogP contribution in [-0.4, -0.2) is 41.6 Å². The van der Waals surface area contributed by atoms with Gasteiger partial charge in [0.2, 0.25) is 5.91 Å². The van der Waals surface area contributed by atoms with Gasteiger partial charge in [-0.1, -0.05) is 12.1 Å². The van der Waals surface area contributed by atoms with Gasteiger partial charge < -0.3 is 10.2 Å². The molecule has 154 valence electrons. The molecule has 0 atom stereocenters. The molecule has 2 aliphatic rings. The third-order valence-electron chi connectivity index (χ3n) is 4.97. The van der Waals surface area contributed by atoms with E-state index in [9.17, 15) is 14.4 Å². The third kappa shape index (κ3) is 4.86. The molecule has 0 bridgehead atoms. The second-order valence-electron chi connectivity index (χ2n) is 7.11. The fourth-order valence-electron chi connectivity index (χ4n) is 3.42. The number of carbonyl (C=O) groups excluding carboxylic acids is 3. The number of hydrogen-bond acceptors (Lipinski definition) is 5. The molecule has 0 aliphatic carbocycles. The summed E-state index contributed by atoms with van der Waals surface area (Å²) >= 11 is 3.04. The molecule has 8 heteroatoms.